The van der Waals surface area contributed by atoms with Gasteiger partial charge in [0, 0.05) is 22.7 Å². The molecule has 1 N–H and O–H groups in total. The van der Waals surface area contributed by atoms with E-state index in [0.29, 0.717) is 15.6 Å². The molecule has 0 aromatic heterocycles. The molecule has 0 fully saturated rings. The zero-order valence-electron chi connectivity index (χ0n) is 12.8. The topological polar surface area (TPSA) is 110 Å². The van der Waals surface area contributed by atoms with Gasteiger partial charge in [0.1, 0.15) is 13.2 Å². The molecule has 2 aromatic carbocycles. The van der Waals surface area contributed by atoms with Gasteiger partial charge in [-0.1, -0.05) is 23.7 Å². The largest absolute Gasteiger partial charge is 0.480 e. The number of rotatable bonds is 7. The Balaban J connectivity index is 2.12. The van der Waals surface area contributed by atoms with Crippen molar-refractivity contribution in [3.05, 3.63) is 74.8 Å². The molecule has 8 nitrogen and oxygen atoms in total. The predicted octanol–water partition coefficient (Wildman–Crippen LogP) is 2.91. The van der Waals surface area contributed by atoms with Crippen molar-refractivity contribution in [1.82, 2.24) is 5.06 Å². The fourth-order valence-corrected chi connectivity index (χ4v) is 2.03. The van der Waals surface area contributed by atoms with E-state index in [1.165, 1.54) is 12.1 Å². The van der Waals surface area contributed by atoms with Gasteiger partial charge in [-0.15, -0.1) is 0 Å². The van der Waals surface area contributed by atoms with Crippen LogP contribution in [0.2, 0.25) is 5.02 Å². The van der Waals surface area contributed by atoms with E-state index in [9.17, 15) is 19.7 Å². The van der Waals surface area contributed by atoms with Crippen molar-refractivity contribution in [1.29, 1.82) is 0 Å². The van der Waals surface area contributed by atoms with E-state index in [2.05, 4.69) is 0 Å². The second-order valence-electron chi connectivity index (χ2n) is 4.94. The van der Waals surface area contributed by atoms with Gasteiger partial charge in [-0.2, -0.15) is 0 Å². The minimum atomic E-state index is -1.26. The quantitative estimate of drug-likeness (QED) is 0.597. The van der Waals surface area contributed by atoms with Crippen LogP contribution in [0.1, 0.15) is 15.9 Å². The first kappa shape index (κ1) is 18.4. The lowest BCUT2D eigenvalue weighted by atomic mass is 10.2. The Kier molecular flexibility index (Phi) is 6.04. The molecule has 0 saturated carbocycles. The van der Waals surface area contributed by atoms with Crippen LogP contribution >= 0.6 is 11.6 Å². The molecule has 0 aliphatic carbocycles. The zero-order chi connectivity index (χ0) is 18.4. The van der Waals surface area contributed by atoms with Crippen LogP contribution in [0.5, 0.6) is 0 Å². The molecule has 0 aliphatic heterocycles. The fraction of sp³-hybridized carbons (Fsp3) is 0.125. The standard InChI is InChI=1S/C16H13ClN2O6/c17-13-5-1-11(2-6-13)10-25-18(9-15(20)21)16(22)12-3-7-14(8-4-12)19(23)24/h1-8H,9-10H2,(H,20,21). The van der Waals surface area contributed by atoms with Crippen molar-refractivity contribution in [3.63, 3.8) is 0 Å². The highest BCUT2D eigenvalue weighted by Crippen LogP contribution is 2.15. The first-order valence-corrected chi connectivity index (χ1v) is 7.40. The Labute approximate surface area is 147 Å². The van der Waals surface area contributed by atoms with Crippen molar-refractivity contribution in [2.24, 2.45) is 0 Å². The van der Waals surface area contributed by atoms with E-state index >= 15 is 0 Å². The summed E-state index contributed by atoms with van der Waals surface area (Å²) >= 11 is 5.78. The molecule has 0 saturated heterocycles. The number of nitro groups is 1. The SMILES string of the molecule is O=C(O)CN(OCc1ccc(Cl)cc1)C(=O)c1ccc([N+](=O)[O-])cc1. The first-order chi connectivity index (χ1) is 11.9. The highest BCUT2D eigenvalue weighted by Gasteiger charge is 2.20. The summed E-state index contributed by atoms with van der Waals surface area (Å²) in [7, 11) is 0. The number of hydrogen-bond donors (Lipinski definition) is 1. The monoisotopic (exact) mass is 364 g/mol. The van der Waals surface area contributed by atoms with Crippen molar-refractivity contribution >= 4 is 29.2 Å². The third-order valence-corrected chi connectivity index (χ3v) is 3.38. The molecular weight excluding hydrogens is 352 g/mol. The molecule has 0 aliphatic rings. The number of hydroxylamine groups is 2. The molecule has 2 rings (SSSR count). The van der Waals surface area contributed by atoms with Crippen LogP contribution < -0.4 is 0 Å². The van der Waals surface area contributed by atoms with Crippen molar-refractivity contribution in [3.8, 4) is 0 Å². The number of non-ortho nitro benzene ring substituents is 1. The molecule has 9 heteroatoms. The molecule has 0 unspecified atom stereocenters. The molecule has 25 heavy (non-hydrogen) atoms. The molecule has 0 atom stereocenters. The van der Waals surface area contributed by atoms with Gasteiger partial charge in [-0.05, 0) is 29.8 Å². The molecule has 0 radical (unpaired) electrons. The summed E-state index contributed by atoms with van der Waals surface area (Å²) in [6.07, 6.45) is 0. The zero-order valence-corrected chi connectivity index (χ0v) is 13.5. The second kappa shape index (κ2) is 8.22. The van der Waals surface area contributed by atoms with Crippen molar-refractivity contribution in [2.45, 2.75) is 6.61 Å². The highest BCUT2D eigenvalue weighted by atomic mass is 35.5. The fourth-order valence-electron chi connectivity index (χ4n) is 1.90. The average molecular weight is 365 g/mol. The second-order valence-corrected chi connectivity index (χ2v) is 5.38. The minimum absolute atomic E-state index is 0.0385. The first-order valence-electron chi connectivity index (χ1n) is 7.02. The maximum absolute atomic E-state index is 12.4. The summed E-state index contributed by atoms with van der Waals surface area (Å²) in [6.45, 7) is -0.716. The average Bonchev–Trinajstić information content (AvgIpc) is 2.59. The van der Waals surface area contributed by atoms with E-state index in [1.54, 1.807) is 24.3 Å². The van der Waals surface area contributed by atoms with Gasteiger partial charge < -0.3 is 5.11 Å². The van der Waals surface area contributed by atoms with E-state index in [1.807, 2.05) is 0 Å². The number of carboxylic acid groups (broad SMARTS) is 1. The highest BCUT2D eigenvalue weighted by molar-refractivity contribution is 6.30. The number of nitrogens with zero attached hydrogens (tertiary/aromatic N) is 2. The van der Waals surface area contributed by atoms with Gasteiger partial charge in [-0.25, -0.2) is 5.06 Å². The van der Waals surface area contributed by atoms with Crippen LogP contribution in [-0.4, -0.2) is 33.5 Å². The van der Waals surface area contributed by atoms with Gasteiger partial charge in [-0.3, -0.25) is 24.5 Å². The van der Waals surface area contributed by atoms with Crippen LogP contribution in [0.3, 0.4) is 0 Å². The van der Waals surface area contributed by atoms with Crippen LogP contribution in [0, 0.1) is 10.1 Å². The molecule has 0 spiro atoms. The molecule has 130 valence electrons. The maximum atomic E-state index is 12.4. The summed E-state index contributed by atoms with van der Waals surface area (Å²) in [5.41, 5.74) is 0.586. The number of carbonyl (C=O) groups excluding carboxylic acids is 1. The Morgan fingerprint density at radius 3 is 2.24 bits per heavy atom. The summed E-state index contributed by atoms with van der Waals surface area (Å²) in [6, 6.07) is 11.4. The van der Waals surface area contributed by atoms with Crippen molar-refractivity contribution < 1.29 is 24.5 Å². The Hall–Kier alpha value is -2.97. The van der Waals surface area contributed by atoms with Crippen LogP contribution in [0.4, 0.5) is 5.69 Å². The maximum Gasteiger partial charge on any atom is 0.325 e. The van der Waals surface area contributed by atoms with E-state index in [-0.39, 0.29) is 17.9 Å². The number of benzene rings is 2. The Morgan fingerprint density at radius 1 is 1.12 bits per heavy atom. The van der Waals surface area contributed by atoms with Crippen molar-refractivity contribution in [2.75, 3.05) is 6.54 Å². The van der Waals surface area contributed by atoms with Gasteiger partial charge in [0.2, 0.25) is 0 Å². The Morgan fingerprint density at radius 2 is 1.72 bits per heavy atom. The lowest BCUT2D eigenvalue weighted by molar-refractivity contribution is -0.384. The lowest BCUT2D eigenvalue weighted by Crippen LogP contribution is -2.35. The molecule has 1 amide bonds. The smallest absolute Gasteiger partial charge is 0.325 e. The summed E-state index contributed by atoms with van der Waals surface area (Å²) in [4.78, 5) is 38.7. The third-order valence-electron chi connectivity index (χ3n) is 3.13. The van der Waals surface area contributed by atoms with Gasteiger partial charge >= 0.3 is 5.97 Å². The minimum Gasteiger partial charge on any atom is -0.480 e. The normalized spacial score (nSPS) is 10.3. The van der Waals surface area contributed by atoms with Gasteiger partial charge in [0.25, 0.3) is 11.6 Å². The number of carboxylic acids is 1. The third kappa shape index (κ3) is 5.27. The van der Waals surface area contributed by atoms with Gasteiger partial charge in [0.05, 0.1) is 4.92 Å². The van der Waals surface area contributed by atoms with Crippen LogP contribution in [0.15, 0.2) is 48.5 Å². The number of nitro benzene ring substituents is 1. The van der Waals surface area contributed by atoms with E-state index < -0.39 is 23.3 Å². The number of carbonyl (C=O) groups is 2. The van der Waals surface area contributed by atoms with Gasteiger partial charge in [0.15, 0.2) is 0 Å². The number of hydrogen-bond acceptors (Lipinski definition) is 5. The summed E-state index contributed by atoms with van der Waals surface area (Å²) in [5, 5.41) is 20.8. The predicted molar refractivity (Wildman–Crippen MR) is 88.0 cm³/mol. The Bertz CT molecular complexity index is 776. The number of aliphatic carboxylic acids is 1. The number of amides is 1. The lowest BCUT2D eigenvalue weighted by Gasteiger charge is -2.20. The molecular formula is C16H13ClN2O6. The van der Waals surface area contributed by atoms with E-state index in [0.717, 1.165) is 12.1 Å². The molecule has 0 bridgehead atoms. The summed E-state index contributed by atoms with van der Waals surface area (Å²) in [5.74, 6) is -1.97. The van der Waals surface area contributed by atoms with E-state index in [4.69, 9.17) is 21.5 Å². The number of halogens is 1. The van der Waals surface area contributed by atoms with Crippen LogP contribution in [-0.2, 0) is 16.2 Å². The van der Waals surface area contributed by atoms with Crippen LogP contribution in [0.25, 0.3) is 0 Å². The molecule has 2 aromatic rings. The molecule has 0 heterocycles. The summed E-state index contributed by atoms with van der Waals surface area (Å²) < 4.78 is 0.